The van der Waals surface area contributed by atoms with Crippen molar-refractivity contribution >= 4 is 0 Å². The molecule has 0 aliphatic heterocycles. The van der Waals surface area contributed by atoms with Gasteiger partial charge in [0, 0.05) is 23.5 Å². The summed E-state index contributed by atoms with van der Waals surface area (Å²) >= 11 is 0. The van der Waals surface area contributed by atoms with Crippen LogP contribution in [0.15, 0.2) is 30.3 Å². The predicted molar refractivity (Wildman–Crippen MR) is 77.2 cm³/mol. The lowest BCUT2D eigenvalue weighted by atomic mass is 9.95. The molecule has 1 unspecified atom stereocenters. The highest BCUT2D eigenvalue weighted by Gasteiger charge is 2.22. The minimum Gasteiger partial charge on any atom is -0.388 e. The van der Waals surface area contributed by atoms with E-state index in [1.165, 1.54) is 11.8 Å². The number of fused-ring (bicyclic) bond motifs is 1. The van der Waals surface area contributed by atoms with Gasteiger partial charge in [-0.2, -0.15) is 0 Å². The van der Waals surface area contributed by atoms with Crippen molar-refractivity contribution in [3.8, 4) is 0 Å². The van der Waals surface area contributed by atoms with E-state index in [1.54, 1.807) is 6.07 Å². The fourth-order valence-corrected chi connectivity index (χ4v) is 3.19. The van der Waals surface area contributed by atoms with Crippen LogP contribution in [-0.2, 0) is 19.4 Å². The maximum atomic E-state index is 13.7. The summed E-state index contributed by atoms with van der Waals surface area (Å²) in [5, 5.41) is 10.1. The van der Waals surface area contributed by atoms with E-state index >= 15 is 0 Å². The van der Waals surface area contributed by atoms with Crippen molar-refractivity contribution in [1.29, 1.82) is 0 Å². The molecule has 1 aromatic carbocycles. The summed E-state index contributed by atoms with van der Waals surface area (Å²) < 4.78 is 15.9. The quantitative estimate of drug-likeness (QED) is 0.909. The Kier molecular flexibility index (Phi) is 3.62. The number of aliphatic hydroxyl groups is 1. The molecule has 0 fully saturated rings. The summed E-state index contributed by atoms with van der Waals surface area (Å²) in [5.74, 6) is -0.133. The predicted octanol–water partition coefficient (Wildman–Crippen LogP) is 3.55. The maximum Gasteiger partial charge on any atom is 0.126 e. The molecule has 3 heteroatoms. The Hall–Kier alpha value is -1.61. The minimum atomic E-state index is -0.327. The zero-order valence-electron chi connectivity index (χ0n) is 11.8. The molecule has 1 aliphatic rings. The maximum absolute atomic E-state index is 13.7. The first-order chi connectivity index (χ1) is 9.66. The number of benzene rings is 1. The highest BCUT2D eigenvalue weighted by molar-refractivity contribution is 5.32. The molecular weight excluding hydrogens is 253 g/mol. The van der Waals surface area contributed by atoms with Gasteiger partial charge in [-0.25, -0.2) is 4.39 Å². The first-order valence-corrected chi connectivity index (χ1v) is 7.27. The van der Waals surface area contributed by atoms with Crippen LogP contribution in [0.5, 0.6) is 0 Å². The highest BCUT2D eigenvalue weighted by atomic mass is 19.1. The second-order valence-corrected chi connectivity index (χ2v) is 5.59. The molecule has 1 N–H and O–H groups in total. The Morgan fingerprint density at radius 2 is 2.15 bits per heavy atom. The second kappa shape index (κ2) is 5.41. The van der Waals surface area contributed by atoms with E-state index in [2.05, 4.69) is 17.6 Å². The zero-order valence-corrected chi connectivity index (χ0v) is 11.8. The summed E-state index contributed by atoms with van der Waals surface area (Å²) in [6.07, 6.45) is 3.25. The normalized spacial score (nSPS) is 18.1. The summed E-state index contributed by atoms with van der Waals surface area (Å²) in [6, 6.07) is 9.03. The minimum absolute atomic E-state index is 0.133. The van der Waals surface area contributed by atoms with E-state index in [9.17, 15) is 9.50 Å². The van der Waals surface area contributed by atoms with Crippen LogP contribution in [0.1, 0.15) is 41.5 Å². The number of rotatable bonds is 3. The number of aliphatic hydroxyl groups excluding tert-OH is 1. The lowest BCUT2D eigenvalue weighted by molar-refractivity contribution is 0.155. The topological polar surface area (TPSA) is 25.2 Å². The summed E-state index contributed by atoms with van der Waals surface area (Å²) in [6.45, 7) is 2.83. The molecule has 3 rings (SSSR count). The third-order valence-electron chi connectivity index (χ3n) is 4.26. The van der Waals surface area contributed by atoms with Crippen LogP contribution in [0.3, 0.4) is 0 Å². The van der Waals surface area contributed by atoms with Gasteiger partial charge in [0.15, 0.2) is 0 Å². The third-order valence-corrected chi connectivity index (χ3v) is 4.26. The molecule has 0 saturated heterocycles. The van der Waals surface area contributed by atoms with Gasteiger partial charge >= 0.3 is 0 Å². The molecule has 0 radical (unpaired) electrons. The number of hydrogen-bond acceptors (Lipinski definition) is 1. The number of halogens is 1. The van der Waals surface area contributed by atoms with Crippen molar-refractivity contribution in [3.05, 3.63) is 58.7 Å². The lowest BCUT2D eigenvalue weighted by Crippen LogP contribution is -2.14. The molecule has 1 atom stereocenters. The van der Waals surface area contributed by atoms with E-state index in [-0.39, 0.29) is 11.9 Å². The first kappa shape index (κ1) is 13.4. The fourth-order valence-electron chi connectivity index (χ4n) is 3.19. The number of hydrogen-bond donors (Lipinski definition) is 1. The standard InChI is InChI=1S/C17H20FNO/c1-12-11-14-16(7-4-8-17(14)20)19(12)10-9-13-5-2-3-6-15(13)18/h2-3,5-6,11,17,20H,4,7-10H2,1H3. The van der Waals surface area contributed by atoms with Crippen LogP contribution < -0.4 is 0 Å². The van der Waals surface area contributed by atoms with Crippen molar-refractivity contribution in [1.82, 2.24) is 4.57 Å². The van der Waals surface area contributed by atoms with Crippen LogP contribution in [0, 0.1) is 12.7 Å². The summed E-state index contributed by atoms with van der Waals surface area (Å²) in [5.41, 5.74) is 4.22. The molecule has 0 amide bonds. The van der Waals surface area contributed by atoms with Crippen molar-refractivity contribution < 1.29 is 9.50 Å². The summed E-state index contributed by atoms with van der Waals surface area (Å²) in [7, 11) is 0. The monoisotopic (exact) mass is 273 g/mol. The number of aromatic nitrogens is 1. The van der Waals surface area contributed by atoms with Crippen molar-refractivity contribution in [2.45, 2.75) is 45.3 Å². The second-order valence-electron chi connectivity index (χ2n) is 5.59. The average molecular weight is 273 g/mol. The number of nitrogens with zero attached hydrogens (tertiary/aromatic N) is 1. The van der Waals surface area contributed by atoms with Crippen LogP contribution in [0.4, 0.5) is 4.39 Å². The van der Waals surface area contributed by atoms with Gasteiger partial charge in [-0.3, -0.25) is 0 Å². The molecule has 1 aromatic heterocycles. The molecule has 2 nitrogen and oxygen atoms in total. The van der Waals surface area contributed by atoms with Gasteiger partial charge in [0.1, 0.15) is 5.82 Å². The van der Waals surface area contributed by atoms with E-state index in [0.29, 0.717) is 6.42 Å². The van der Waals surface area contributed by atoms with E-state index < -0.39 is 0 Å². The van der Waals surface area contributed by atoms with Crippen LogP contribution in [-0.4, -0.2) is 9.67 Å². The SMILES string of the molecule is Cc1cc2c(n1CCc1ccccc1F)CCCC2O. The Balaban J connectivity index is 1.83. The molecule has 0 spiro atoms. The Morgan fingerprint density at radius 1 is 1.35 bits per heavy atom. The highest BCUT2D eigenvalue weighted by Crippen LogP contribution is 2.32. The Morgan fingerprint density at radius 3 is 2.95 bits per heavy atom. The zero-order chi connectivity index (χ0) is 14.1. The van der Waals surface area contributed by atoms with Gasteiger partial charge in [-0.1, -0.05) is 18.2 Å². The van der Waals surface area contributed by atoms with Gasteiger partial charge in [-0.05, 0) is 50.3 Å². The van der Waals surface area contributed by atoms with E-state index in [1.807, 2.05) is 12.1 Å². The van der Waals surface area contributed by atoms with Crippen molar-refractivity contribution in [2.24, 2.45) is 0 Å². The van der Waals surface area contributed by atoms with Gasteiger partial charge in [-0.15, -0.1) is 0 Å². The van der Waals surface area contributed by atoms with Crippen LogP contribution >= 0.6 is 0 Å². The molecule has 106 valence electrons. The molecule has 1 heterocycles. The van der Waals surface area contributed by atoms with Gasteiger partial charge < -0.3 is 9.67 Å². The van der Waals surface area contributed by atoms with Gasteiger partial charge in [0.25, 0.3) is 0 Å². The fraction of sp³-hybridized carbons (Fsp3) is 0.412. The molecule has 1 aliphatic carbocycles. The van der Waals surface area contributed by atoms with Crippen LogP contribution in [0.25, 0.3) is 0 Å². The molecule has 20 heavy (non-hydrogen) atoms. The van der Waals surface area contributed by atoms with Gasteiger partial charge in [0.2, 0.25) is 0 Å². The Bertz CT molecular complexity index is 617. The summed E-state index contributed by atoms with van der Waals surface area (Å²) in [4.78, 5) is 0. The smallest absolute Gasteiger partial charge is 0.126 e. The van der Waals surface area contributed by atoms with Crippen LogP contribution in [0.2, 0.25) is 0 Å². The molecule has 2 aromatic rings. The van der Waals surface area contributed by atoms with Gasteiger partial charge in [0.05, 0.1) is 6.10 Å². The van der Waals surface area contributed by atoms with Crippen molar-refractivity contribution in [2.75, 3.05) is 0 Å². The van der Waals surface area contributed by atoms with Crippen molar-refractivity contribution in [3.63, 3.8) is 0 Å². The molecular formula is C17H20FNO. The van der Waals surface area contributed by atoms with E-state index in [4.69, 9.17) is 0 Å². The largest absolute Gasteiger partial charge is 0.388 e. The van der Waals surface area contributed by atoms with E-state index in [0.717, 1.165) is 42.6 Å². The lowest BCUT2D eigenvalue weighted by Gasteiger charge is -2.20. The Labute approximate surface area is 118 Å². The third kappa shape index (κ3) is 2.38. The average Bonchev–Trinajstić information content (AvgIpc) is 2.76. The number of aryl methyl sites for hydroxylation is 2. The molecule has 0 bridgehead atoms. The molecule has 0 saturated carbocycles. The first-order valence-electron chi connectivity index (χ1n) is 7.27.